The van der Waals surface area contributed by atoms with Crippen molar-refractivity contribution in [2.24, 2.45) is 5.92 Å². The number of nitrogens with two attached hydrogens (primary N) is 1. The number of carbonyl (C=O) groups is 1. The van der Waals surface area contributed by atoms with E-state index in [0.29, 0.717) is 23.8 Å². The number of ether oxygens (including phenoxy) is 1. The molecule has 0 spiro atoms. The predicted octanol–water partition coefficient (Wildman–Crippen LogP) is 2.04. The average Bonchev–Trinajstić information content (AvgIpc) is 2.48. The molecule has 1 fully saturated rings. The van der Waals surface area contributed by atoms with E-state index in [9.17, 15) is 9.90 Å². The monoisotopic (exact) mass is 292 g/mol. The first kappa shape index (κ1) is 15.6. The van der Waals surface area contributed by atoms with Gasteiger partial charge in [-0.2, -0.15) is 0 Å². The quantitative estimate of drug-likeness (QED) is 0.656. The van der Waals surface area contributed by atoms with Gasteiger partial charge in [-0.1, -0.05) is 0 Å². The number of piperidine rings is 1. The van der Waals surface area contributed by atoms with Gasteiger partial charge in [0.25, 0.3) is 0 Å². The zero-order chi connectivity index (χ0) is 15.4. The molecule has 1 unspecified atom stereocenters. The molecule has 1 atom stereocenters. The van der Waals surface area contributed by atoms with Gasteiger partial charge in [-0.3, -0.25) is 0 Å². The van der Waals surface area contributed by atoms with Gasteiger partial charge in [0.15, 0.2) is 0 Å². The summed E-state index contributed by atoms with van der Waals surface area (Å²) in [7, 11) is 0. The summed E-state index contributed by atoms with van der Waals surface area (Å²) in [5, 5.41) is 9.65. The summed E-state index contributed by atoms with van der Waals surface area (Å²) in [6, 6.07) is 5.49. The first-order valence-corrected chi connectivity index (χ1v) is 7.52. The molecule has 0 bridgehead atoms. The molecule has 0 aliphatic carbocycles. The molecule has 0 saturated carbocycles. The van der Waals surface area contributed by atoms with Crippen LogP contribution in [0.4, 0.5) is 11.4 Å². The molecule has 0 aromatic heterocycles. The molecule has 1 aromatic carbocycles. The van der Waals surface area contributed by atoms with Crippen molar-refractivity contribution in [1.82, 2.24) is 0 Å². The van der Waals surface area contributed by atoms with E-state index in [4.69, 9.17) is 10.5 Å². The van der Waals surface area contributed by atoms with Crippen LogP contribution in [-0.2, 0) is 4.74 Å². The topological polar surface area (TPSA) is 75.8 Å². The third-order valence-electron chi connectivity index (χ3n) is 4.12. The molecule has 1 heterocycles. The number of esters is 1. The van der Waals surface area contributed by atoms with Crippen molar-refractivity contribution in [3.8, 4) is 0 Å². The van der Waals surface area contributed by atoms with Crippen molar-refractivity contribution in [2.75, 3.05) is 30.3 Å². The summed E-state index contributed by atoms with van der Waals surface area (Å²) >= 11 is 0. The van der Waals surface area contributed by atoms with E-state index < -0.39 is 0 Å². The summed E-state index contributed by atoms with van der Waals surface area (Å²) in [5.74, 6) is -0.0183. The SMILES string of the molecule is CCOC(=O)c1cc(N2CCC(C(C)O)CC2)ccc1N. The number of aliphatic hydroxyl groups is 1. The lowest BCUT2D eigenvalue weighted by Crippen LogP contribution is -2.37. The standard InChI is InChI=1S/C16H24N2O3/c1-3-21-16(20)14-10-13(4-5-15(14)17)18-8-6-12(7-9-18)11(2)19/h4-5,10-12,19H,3,6-9,17H2,1-2H3. The van der Waals surface area contributed by atoms with E-state index in [-0.39, 0.29) is 12.1 Å². The summed E-state index contributed by atoms with van der Waals surface area (Å²) < 4.78 is 5.03. The Balaban J connectivity index is 2.11. The van der Waals surface area contributed by atoms with Crippen LogP contribution >= 0.6 is 0 Å². The van der Waals surface area contributed by atoms with Gasteiger partial charge >= 0.3 is 5.97 Å². The lowest BCUT2D eigenvalue weighted by molar-refractivity contribution is 0.0527. The Morgan fingerprint density at radius 2 is 2.14 bits per heavy atom. The summed E-state index contributed by atoms with van der Waals surface area (Å²) in [5.41, 5.74) is 7.71. The number of benzene rings is 1. The Morgan fingerprint density at radius 1 is 1.48 bits per heavy atom. The van der Waals surface area contributed by atoms with Crippen LogP contribution in [0.1, 0.15) is 37.0 Å². The van der Waals surface area contributed by atoms with E-state index in [1.54, 1.807) is 19.1 Å². The zero-order valence-corrected chi connectivity index (χ0v) is 12.7. The van der Waals surface area contributed by atoms with Crippen LogP contribution < -0.4 is 10.6 Å². The number of carbonyl (C=O) groups excluding carboxylic acids is 1. The smallest absolute Gasteiger partial charge is 0.340 e. The number of hydrogen-bond acceptors (Lipinski definition) is 5. The maximum absolute atomic E-state index is 11.9. The van der Waals surface area contributed by atoms with Crippen molar-refractivity contribution in [3.63, 3.8) is 0 Å². The molecule has 2 rings (SSSR count). The second-order valence-electron chi connectivity index (χ2n) is 5.56. The Bertz CT molecular complexity index is 494. The minimum absolute atomic E-state index is 0.256. The third kappa shape index (κ3) is 3.67. The second-order valence-corrected chi connectivity index (χ2v) is 5.56. The van der Waals surface area contributed by atoms with E-state index in [1.807, 2.05) is 13.0 Å². The van der Waals surface area contributed by atoms with Crippen molar-refractivity contribution in [1.29, 1.82) is 0 Å². The van der Waals surface area contributed by atoms with Gasteiger partial charge in [-0.25, -0.2) is 4.79 Å². The van der Waals surface area contributed by atoms with Gasteiger partial charge < -0.3 is 20.5 Å². The highest BCUT2D eigenvalue weighted by Crippen LogP contribution is 2.27. The highest BCUT2D eigenvalue weighted by molar-refractivity contribution is 5.96. The van der Waals surface area contributed by atoms with Gasteiger partial charge in [-0.05, 0) is 50.8 Å². The van der Waals surface area contributed by atoms with Crippen LogP contribution in [0.5, 0.6) is 0 Å². The maximum atomic E-state index is 11.9. The van der Waals surface area contributed by atoms with Gasteiger partial charge in [0.1, 0.15) is 0 Å². The molecule has 0 radical (unpaired) electrons. The van der Waals surface area contributed by atoms with Gasteiger partial charge in [0.2, 0.25) is 0 Å². The van der Waals surface area contributed by atoms with Crippen LogP contribution in [0, 0.1) is 5.92 Å². The molecule has 21 heavy (non-hydrogen) atoms. The molecule has 0 amide bonds. The number of hydrogen-bond donors (Lipinski definition) is 2. The summed E-state index contributed by atoms with van der Waals surface area (Å²) in [4.78, 5) is 14.1. The van der Waals surface area contributed by atoms with Crippen molar-refractivity contribution < 1.29 is 14.6 Å². The molecule has 5 nitrogen and oxygen atoms in total. The van der Waals surface area contributed by atoms with Crippen LogP contribution in [0.25, 0.3) is 0 Å². The Labute approximate surface area is 125 Å². The number of anilines is 2. The number of nitrogens with zero attached hydrogens (tertiary/aromatic N) is 1. The maximum Gasteiger partial charge on any atom is 0.340 e. The van der Waals surface area contributed by atoms with Gasteiger partial charge in [-0.15, -0.1) is 0 Å². The minimum Gasteiger partial charge on any atom is -0.462 e. The normalized spacial score (nSPS) is 17.6. The van der Waals surface area contributed by atoms with Gasteiger partial charge in [0, 0.05) is 24.5 Å². The highest BCUT2D eigenvalue weighted by Gasteiger charge is 2.23. The Hall–Kier alpha value is -1.75. The third-order valence-corrected chi connectivity index (χ3v) is 4.12. The zero-order valence-electron chi connectivity index (χ0n) is 12.7. The number of nitrogen functional groups attached to an aromatic ring is 1. The van der Waals surface area contributed by atoms with Crippen LogP contribution in [0.15, 0.2) is 18.2 Å². The van der Waals surface area contributed by atoms with E-state index >= 15 is 0 Å². The van der Waals surface area contributed by atoms with Crippen molar-refractivity contribution in [3.05, 3.63) is 23.8 Å². The van der Waals surface area contributed by atoms with E-state index in [2.05, 4.69) is 4.90 Å². The lowest BCUT2D eigenvalue weighted by Gasteiger charge is -2.35. The molecule has 5 heteroatoms. The van der Waals surface area contributed by atoms with E-state index in [0.717, 1.165) is 31.6 Å². The predicted molar refractivity (Wildman–Crippen MR) is 83.4 cm³/mol. The molecular formula is C16H24N2O3. The Morgan fingerprint density at radius 3 is 2.71 bits per heavy atom. The molecule has 1 aromatic rings. The van der Waals surface area contributed by atoms with Crippen LogP contribution in [0.2, 0.25) is 0 Å². The van der Waals surface area contributed by atoms with E-state index in [1.165, 1.54) is 0 Å². The second kappa shape index (κ2) is 6.80. The Kier molecular flexibility index (Phi) is 5.07. The van der Waals surface area contributed by atoms with Crippen LogP contribution in [0.3, 0.4) is 0 Å². The summed E-state index contributed by atoms with van der Waals surface area (Å²) in [6.45, 7) is 5.72. The lowest BCUT2D eigenvalue weighted by atomic mass is 9.92. The van der Waals surface area contributed by atoms with Crippen molar-refractivity contribution >= 4 is 17.3 Å². The first-order valence-electron chi connectivity index (χ1n) is 7.52. The van der Waals surface area contributed by atoms with Crippen LogP contribution in [-0.4, -0.2) is 36.9 Å². The average molecular weight is 292 g/mol. The fraction of sp³-hybridized carbons (Fsp3) is 0.562. The molecular weight excluding hydrogens is 268 g/mol. The minimum atomic E-state index is -0.379. The molecule has 3 N–H and O–H groups in total. The molecule has 1 aliphatic rings. The van der Waals surface area contributed by atoms with Crippen molar-refractivity contribution in [2.45, 2.75) is 32.8 Å². The first-order chi connectivity index (χ1) is 10.0. The highest BCUT2D eigenvalue weighted by atomic mass is 16.5. The fourth-order valence-corrected chi connectivity index (χ4v) is 2.77. The molecule has 1 aliphatic heterocycles. The summed E-state index contributed by atoms with van der Waals surface area (Å²) in [6.07, 6.45) is 1.65. The van der Waals surface area contributed by atoms with Gasteiger partial charge in [0.05, 0.1) is 18.3 Å². The molecule has 116 valence electrons. The fourth-order valence-electron chi connectivity index (χ4n) is 2.77. The largest absolute Gasteiger partial charge is 0.462 e. The molecule has 1 saturated heterocycles. The number of aliphatic hydroxyl groups excluding tert-OH is 1. The number of rotatable bonds is 4.